The largest absolute Gasteiger partial charge is 0.504 e. The van der Waals surface area contributed by atoms with Crippen LogP contribution in [-0.4, -0.2) is 37.6 Å². The van der Waals surface area contributed by atoms with Crippen LogP contribution in [0.3, 0.4) is 0 Å². The third-order valence-corrected chi connectivity index (χ3v) is 3.42. The van der Waals surface area contributed by atoms with Crippen LogP contribution in [-0.2, 0) is 4.79 Å². The van der Waals surface area contributed by atoms with Gasteiger partial charge in [0, 0.05) is 12.6 Å². The smallest absolute Gasteiger partial charge is 0.257 e. The van der Waals surface area contributed by atoms with Crippen molar-refractivity contribution in [1.29, 1.82) is 0 Å². The molecule has 0 radical (unpaired) electrons. The molecule has 1 amide bonds. The Bertz CT molecular complexity index is 781. The standard InChI is InChI=1S/C19H19NO5/c1-20-19(23)12-25-15-7-5-14(6-8-15)16(21)9-3-13-4-10-18(24-2)17(22)11-13/h3-11,22H,12H2,1-2H3,(H,20,23)/b9-3+. The maximum Gasteiger partial charge on any atom is 0.257 e. The van der Waals surface area contributed by atoms with Gasteiger partial charge in [-0.25, -0.2) is 0 Å². The van der Waals surface area contributed by atoms with Gasteiger partial charge < -0.3 is 19.9 Å². The minimum absolute atomic E-state index is 0.00900. The molecule has 0 atom stereocenters. The summed E-state index contributed by atoms with van der Waals surface area (Å²) in [5.41, 5.74) is 1.17. The molecular formula is C19H19NO5. The van der Waals surface area contributed by atoms with Crippen molar-refractivity contribution in [2.24, 2.45) is 0 Å². The lowest BCUT2D eigenvalue weighted by Crippen LogP contribution is -2.24. The number of aromatic hydroxyl groups is 1. The Kier molecular flexibility index (Phi) is 6.17. The Morgan fingerprint density at radius 2 is 1.88 bits per heavy atom. The molecule has 0 aliphatic carbocycles. The van der Waals surface area contributed by atoms with Gasteiger partial charge in [-0.15, -0.1) is 0 Å². The number of rotatable bonds is 7. The molecule has 0 spiro atoms. The lowest BCUT2D eigenvalue weighted by Gasteiger charge is -2.05. The number of likely N-dealkylation sites (N-methyl/N-ethyl adjacent to an activating group) is 1. The van der Waals surface area contributed by atoms with Crippen LogP contribution in [0, 0.1) is 0 Å². The van der Waals surface area contributed by atoms with Gasteiger partial charge in [0.15, 0.2) is 23.9 Å². The number of carbonyl (C=O) groups excluding carboxylic acids is 2. The number of hydrogen-bond donors (Lipinski definition) is 2. The van der Waals surface area contributed by atoms with E-state index in [1.165, 1.54) is 26.3 Å². The van der Waals surface area contributed by atoms with Crippen LogP contribution in [0.1, 0.15) is 15.9 Å². The molecule has 0 fully saturated rings. The van der Waals surface area contributed by atoms with E-state index in [9.17, 15) is 14.7 Å². The third kappa shape index (κ3) is 5.10. The van der Waals surface area contributed by atoms with Crippen LogP contribution < -0.4 is 14.8 Å². The average Bonchev–Trinajstić information content (AvgIpc) is 2.64. The second-order valence-corrected chi connectivity index (χ2v) is 5.12. The Hall–Kier alpha value is -3.28. The Labute approximate surface area is 145 Å². The van der Waals surface area contributed by atoms with Crippen molar-refractivity contribution in [3.63, 3.8) is 0 Å². The number of methoxy groups -OCH3 is 1. The Balaban J connectivity index is 2.00. The van der Waals surface area contributed by atoms with Gasteiger partial charge in [0.1, 0.15) is 5.75 Å². The Morgan fingerprint density at radius 3 is 2.48 bits per heavy atom. The van der Waals surface area contributed by atoms with Crippen molar-refractivity contribution in [2.75, 3.05) is 20.8 Å². The van der Waals surface area contributed by atoms with Crippen LogP contribution in [0.4, 0.5) is 0 Å². The molecule has 2 aromatic carbocycles. The number of benzene rings is 2. The summed E-state index contributed by atoms with van der Waals surface area (Å²) in [6.45, 7) is -0.0787. The van der Waals surface area contributed by atoms with E-state index >= 15 is 0 Å². The summed E-state index contributed by atoms with van der Waals surface area (Å²) < 4.78 is 10.2. The highest BCUT2D eigenvalue weighted by Gasteiger charge is 2.05. The summed E-state index contributed by atoms with van der Waals surface area (Å²) in [5, 5.41) is 12.2. The zero-order valence-corrected chi connectivity index (χ0v) is 14.0. The number of amides is 1. The number of hydrogen-bond acceptors (Lipinski definition) is 5. The normalized spacial score (nSPS) is 10.5. The molecule has 0 heterocycles. The van der Waals surface area contributed by atoms with Gasteiger partial charge in [-0.05, 0) is 48.0 Å². The topological polar surface area (TPSA) is 84.9 Å². The molecule has 6 nitrogen and oxygen atoms in total. The van der Waals surface area contributed by atoms with Crippen LogP contribution in [0.15, 0.2) is 48.5 Å². The highest BCUT2D eigenvalue weighted by Crippen LogP contribution is 2.26. The number of allylic oxidation sites excluding steroid dienone is 1. The van der Waals surface area contributed by atoms with Gasteiger partial charge in [-0.3, -0.25) is 9.59 Å². The van der Waals surface area contributed by atoms with Gasteiger partial charge in [0.25, 0.3) is 5.91 Å². The second-order valence-electron chi connectivity index (χ2n) is 5.12. The van der Waals surface area contributed by atoms with Gasteiger partial charge in [-0.2, -0.15) is 0 Å². The molecule has 0 saturated heterocycles. The minimum Gasteiger partial charge on any atom is -0.504 e. The van der Waals surface area contributed by atoms with Crippen molar-refractivity contribution in [1.82, 2.24) is 5.32 Å². The van der Waals surface area contributed by atoms with Crippen molar-refractivity contribution in [2.45, 2.75) is 0 Å². The van der Waals surface area contributed by atoms with E-state index in [-0.39, 0.29) is 24.0 Å². The number of phenolic OH excluding ortho intramolecular Hbond substituents is 1. The fourth-order valence-electron chi connectivity index (χ4n) is 2.02. The number of ether oxygens (including phenoxy) is 2. The molecule has 2 aromatic rings. The zero-order chi connectivity index (χ0) is 18.2. The molecule has 2 rings (SSSR count). The maximum absolute atomic E-state index is 12.2. The van der Waals surface area contributed by atoms with Crippen molar-refractivity contribution >= 4 is 17.8 Å². The van der Waals surface area contributed by atoms with E-state index in [4.69, 9.17) is 9.47 Å². The average molecular weight is 341 g/mol. The van der Waals surface area contributed by atoms with E-state index in [2.05, 4.69) is 5.32 Å². The van der Waals surface area contributed by atoms with Gasteiger partial charge >= 0.3 is 0 Å². The first-order valence-electron chi connectivity index (χ1n) is 7.56. The molecule has 0 bridgehead atoms. The number of nitrogens with one attached hydrogen (secondary N) is 1. The summed E-state index contributed by atoms with van der Waals surface area (Å²) >= 11 is 0. The van der Waals surface area contributed by atoms with E-state index in [1.807, 2.05) is 0 Å². The molecule has 25 heavy (non-hydrogen) atoms. The zero-order valence-electron chi connectivity index (χ0n) is 14.0. The summed E-state index contributed by atoms with van der Waals surface area (Å²) in [5.74, 6) is 0.466. The summed E-state index contributed by atoms with van der Waals surface area (Å²) in [6.07, 6.45) is 3.03. The fourth-order valence-corrected chi connectivity index (χ4v) is 2.02. The number of ketones is 1. The van der Waals surface area contributed by atoms with Crippen LogP contribution in [0.25, 0.3) is 6.08 Å². The lowest BCUT2D eigenvalue weighted by molar-refractivity contribution is -0.122. The first-order chi connectivity index (χ1) is 12.0. The number of carbonyl (C=O) groups is 2. The summed E-state index contributed by atoms with van der Waals surface area (Å²) in [7, 11) is 3.00. The molecule has 0 saturated carbocycles. The minimum atomic E-state index is -0.231. The molecule has 6 heteroatoms. The lowest BCUT2D eigenvalue weighted by atomic mass is 10.1. The highest BCUT2D eigenvalue weighted by molar-refractivity contribution is 6.06. The van der Waals surface area contributed by atoms with Gasteiger partial charge in [-0.1, -0.05) is 12.1 Å². The summed E-state index contributed by atoms with van der Waals surface area (Å²) in [6, 6.07) is 11.4. The van der Waals surface area contributed by atoms with Crippen molar-refractivity contribution < 1.29 is 24.2 Å². The number of phenols is 1. The molecule has 0 aliphatic heterocycles. The van der Waals surface area contributed by atoms with Gasteiger partial charge in [0.05, 0.1) is 7.11 Å². The molecule has 0 unspecified atom stereocenters. The Morgan fingerprint density at radius 1 is 1.16 bits per heavy atom. The second kappa shape index (κ2) is 8.54. The quantitative estimate of drug-likeness (QED) is 0.597. The fraction of sp³-hybridized carbons (Fsp3) is 0.158. The van der Waals surface area contributed by atoms with Crippen LogP contribution in [0.2, 0.25) is 0 Å². The maximum atomic E-state index is 12.2. The summed E-state index contributed by atoms with van der Waals surface area (Å²) in [4.78, 5) is 23.3. The third-order valence-electron chi connectivity index (χ3n) is 3.42. The first-order valence-corrected chi connectivity index (χ1v) is 7.56. The van der Waals surface area contributed by atoms with Crippen molar-refractivity contribution in [3.05, 3.63) is 59.7 Å². The predicted octanol–water partition coefficient (Wildman–Crippen LogP) is 2.42. The van der Waals surface area contributed by atoms with E-state index in [0.717, 1.165) is 0 Å². The first kappa shape index (κ1) is 18.1. The molecule has 0 aliphatic rings. The predicted molar refractivity (Wildman–Crippen MR) is 94.0 cm³/mol. The SMILES string of the molecule is CNC(=O)COc1ccc(C(=O)/C=C/c2ccc(OC)c(O)c2)cc1. The molecule has 2 N–H and O–H groups in total. The van der Waals surface area contributed by atoms with Crippen LogP contribution >= 0.6 is 0 Å². The van der Waals surface area contributed by atoms with Gasteiger partial charge in [0.2, 0.25) is 0 Å². The van der Waals surface area contributed by atoms with Crippen LogP contribution in [0.5, 0.6) is 17.2 Å². The van der Waals surface area contributed by atoms with E-state index in [1.54, 1.807) is 42.5 Å². The molecule has 130 valence electrons. The highest BCUT2D eigenvalue weighted by atomic mass is 16.5. The van der Waals surface area contributed by atoms with E-state index in [0.29, 0.717) is 22.6 Å². The monoisotopic (exact) mass is 341 g/mol. The van der Waals surface area contributed by atoms with Crippen molar-refractivity contribution in [3.8, 4) is 17.2 Å². The molecular weight excluding hydrogens is 322 g/mol. The molecule has 0 aromatic heterocycles. The van der Waals surface area contributed by atoms with E-state index < -0.39 is 0 Å².